The number of aromatic nitrogens is 1. The molecule has 0 radical (unpaired) electrons. The molecule has 2 rings (SSSR count). The third kappa shape index (κ3) is 7.25. The van der Waals surface area contributed by atoms with E-state index < -0.39 is 6.04 Å². The SMILES string of the molecule is CC(C)C[C@H](N)C(=O)NCCc1csc(N2CCCC2)n1.Cl.Cl. The van der Waals surface area contributed by atoms with E-state index in [0.717, 1.165) is 36.8 Å². The van der Waals surface area contributed by atoms with Gasteiger partial charge in [-0.05, 0) is 25.2 Å². The van der Waals surface area contributed by atoms with Gasteiger partial charge in [0.1, 0.15) is 0 Å². The molecule has 1 aliphatic heterocycles. The minimum absolute atomic E-state index is 0. The first-order valence-electron chi connectivity index (χ1n) is 7.79. The number of nitrogens with one attached hydrogen (secondary N) is 1. The fourth-order valence-corrected chi connectivity index (χ4v) is 3.44. The summed E-state index contributed by atoms with van der Waals surface area (Å²) in [5.41, 5.74) is 6.91. The second-order valence-corrected chi connectivity index (χ2v) is 6.93. The quantitative estimate of drug-likeness (QED) is 0.759. The highest BCUT2D eigenvalue weighted by Gasteiger charge is 2.16. The Labute approximate surface area is 155 Å². The van der Waals surface area contributed by atoms with E-state index in [1.54, 1.807) is 11.3 Å². The van der Waals surface area contributed by atoms with Crippen molar-refractivity contribution in [3.63, 3.8) is 0 Å². The molecule has 1 amide bonds. The highest BCUT2D eigenvalue weighted by Crippen LogP contribution is 2.24. The molecule has 1 aromatic heterocycles. The third-order valence-electron chi connectivity index (χ3n) is 3.66. The van der Waals surface area contributed by atoms with Gasteiger partial charge in [-0.25, -0.2) is 4.98 Å². The van der Waals surface area contributed by atoms with Gasteiger partial charge in [0.05, 0.1) is 11.7 Å². The molecule has 0 saturated carbocycles. The van der Waals surface area contributed by atoms with Gasteiger partial charge in [0.25, 0.3) is 0 Å². The molecule has 1 atom stereocenters. The summed E-state index contributed by atoms with van der Waals surface area (Å²) in [5, 5.41) is 6.11. The summed E-state index contributed by atoms with van der Waals surface area (Å²) in [6.07, 6.45) is 4.02. The Kier molecular flexibility index (Phi) is 10.8. The predicted molar refractivity (Wildman–Crippen MR) is 102 cm³/mol. The molecular formula is C15H28Cl2N4OS. The molecule has 1 fully saturated rings. The lowest BCUT2D eigenvalue weighted by Gasteiger charge is -2.14. The molecule has 0 bridgehead atoms. The Morgan fingerprint density at radius 2 is 2.04 bits per heavy atom. The van der Waals surface area contributed by atoms with E-state index in [1.165, 1.54) is 12.8 Å². The second kappa shape index (κ2) is 11.1. The number of hydrogen-bond acceptors (Lipinski definition) is 5. The van der Waals surface area contributed by atoms with Crippen molar-refractivity contribution in [3.8, 4) is 0 Å². The van der Waals surface area contributed by atoms with Crippen LogP contribution in [0.5, 0.6) is 0 Å². The molecule has 23 heavy (non-hydrogen) atoms. The van der Waals surface area contributed by atoms with Gasteiger partial charge in [-0.3, -0.25) is 4.79 Å². The number of nitrogens with two attached hydrogens (primary N) is 1. The number of halogens is 2. The number of hydrogen-bond donors (Lipinski definition) is 2. The number of anilines is 1. The van der Waals surface area contributed by atoms with Gasteiger partial charge >= 0.3 is 0 Å². The molecule has 3 N–H and O–H groups in total. The van der Waals surface area contributed by atoms with Crippen molar-refractivity contribution in [2.24, 2.45) is 11.7 Å². The summed E-state index contributed by atoms with van der Waals surface area (Å²) in [5.74, 6) is 0.381. The Hall–Kier alpha value is -0.560. The van der Waals surface area contributed by atoms with Crippen molar-refractivity contribution in [1.82, 2.24) is 10.3 Å². The first kappa shape index (κ1) is 22.4. The van der Waals surface area contributed by atoms with E-state index in [0.29, 0.717) is 12.5 Å². The van der Waals surface area contributed by atoms with Crippen LogP contribution in [-0.4, -0.2) is 36.6 Å². The van der Waals surface area contributed by atoms with Crippen molar-refractivity contribution in [1.29, 1.82) is 0 Å². The maximum absolute atomic E-state index is 11.8. The lowest BCUT2D eigenvalue weighted by atomic mass is 10.0. The number of carbonyl (C=O) groups is 1. The molecule has 1 aromatic rings. The van der Waals surface area contributed by atoms with E-state index in [4.69, 9.17) is 5.73 Å². The number of thiazole rings is 1. The van der Waals surface area contributed by atoms with Gasteiger partial charge in [0.2, 0.25) is 5.91 Å². The van der Waals surface area contributed by atoms with Crippen molar-refractivity contribution in [2.75, 3.05) is 24.5 Å². The lowest BCUT2D eigenvalue weighted by molar-refractivity contribution is -0.122. The van der Waals surface area contributed by atoms with Crippen molar-refractivity contribution in [2.45, 2.75) is 45.6 Å². The third-order valence-corrected chi connectivity index (χ3v) is 4.61. The van der Waals surface area contributed by atoms with Gasteiger partial charge < -0.3 is 16.0 Å². The van der Waals surface area contributed by atoms with Gasteiger partial charge in [-0.2, -0.15) is 0 Å². The summed E-state index contributed by atoms with van der Waals surface area (Å²) in [6.45, 7) is 6.99. The van der Waals surface area contributed by atoms with E-state index >= 15 is 0 Å². The highest BCUT2D eigenvalue weighted by atomic mass is 35.5. The van der Waals surface area contributed by atoms with Crippen molar-refractivity contribution in [3.05, 3.63) is 11.1 Å². The van der Waals surface area contributed by atoms with Crippen LogP contribution in [-0.2, 0) is 11.2 Å². The van der Waals surface area contributed by atoms with E-state index in [2.05, 4.69) is 34.4 Å². The minimum atomic E-state index is -0.402. The van der Waals surface area contributed by atoms with E-state index in [-0.39, 0.29) is 30.7 Å². The first-order valence-corrected chi connectivity index (χ1v) is 8.67. The summed E-state index contributed by atoms with van der Waals surface area (Å²) in [4.78, 5) is 18.8. The summed E-state index contributed by atoms with van der Waals surface area (Å²) in [6, 6.07) is -0.402. The number of amides is 1. The van der Waals surface area contributed by atoms with Gasteiger partial charge in [0, 0.05) is 31.4 Å². The zero-order valence-electron chi connectivity index (χ0n) is 13.8. The average Bonchev–Trinajstić information content (AvgIpc) is 3.08. The normalized spacial score (nSPS) is 15.0. The molecule has 5 nitrogen and oxygen atoms in total. The van der Waals surface area contributed by atoms with Crippen LogP contribution in [0.4, 0.5) is 5.13 Å². The zero-order chi connectivity index (χ0) is 15.2. The molecule has 0 aliphatic carbocycles. The van der Waals surface area contributed by atoms with Crippen molar-refractivity contribution >= 4 is 47.2 Å². The van der Waals surface area contributed by atoms with Gasteiger partial charge in [-0.15, -0.1) is 36.2 Å². The van der Waals surface area contributed by atoms with Crippen LogP contribution in [0.25, 0.3) is 0 Å². The van der Waals surface area contributed by atoms with Crippen LogP contribution < -0.4 is 16.0 Å². The van der Waals surface area contributed by atoms with Crippen LogP contribution in [0, 0.1) is 5.92 Å². The number of carbonyl (C=O) groups excluding carboxylic acids is 1. The maximum Gasteiger partial charge on any atom is 0.236 e. The summed E-state index contributed by atoms with van der Waals surface area (Å²) in [7, 11) is 0. The second-order valence-electron chi connectivity index (χ2n) is 6.09. The van der Waals surface area contributed by atoms with Crippen LogP contribution in [0.15, 0.2) is 5.38 Å². The van der Waals surface area contributed by atoms with Crippen LogP contribution in [0.3, 0.4) is 0 Å². The molecule has 1 aliphatic rings. The van der Waals surface area contributed by atoms with Crippen LogP contribution >= 0.6 is 36.2 Å². The molecule has 1 saturated heterocycles. The minimum Gasteiger partial charge on any atom is -0.354 e. The molecule has 0 spiro atoms. The standard InChI is InChI=1S/C15H26N4OS.2ClH/c1-11(2)9-13(16)14(20)17-6-5-12-10-21-15(18-12)19-7-3-4-8-19;;/h10-11,13H,3-9,16H2,1-2H3,(H,17,20);2*1H/t13-;;/m0../s1. The molecule has 0 unspecified atom stereocenters. The molecule has 8 heteroatoms. The fraction of sp³-hybridized carbons (Fsp3) is 0.733. The van der Waals surface area contributed by atoms with Crippen LogP contribution in [0.1, 0.15) is 38.8 Å². The largest absolute Gasteiger partial charge is 0.354 e. The topological polar surface area (TPSA) is 71.2 Å². The molecule has 134 valence electrons. The van der Waals surface area contributed by atoms with Gasteiger partial charge in [-0.1, -0.05) is 13.8 Å². The van der Waals surface area contributed by atoms with E-state index in [1.807, 2.05) is 0 Å². The monoisotopic (exact) mass is 382 g/mol. The lowest BCUT2D eigenvalue weighted by Crippen LogP contribution is -2.42. The van der Waals surface area contributed by atoms with Gasteiger partial charge in [0.15, 0.2) is 5.13 Å². The number of rotatable bonds is 7. The summed E-state index contributed by atoms with van der Waals surface area (Å²) < 4.78 is 0. The van der Waals surface area contributed by atoms with Crippen LogP contribution in [0.2, 0.25) is 0 Å². The van der Waals surface area contributed by atoms with Crippen molar-refractivity contribution < 1.29 is 4.79 Å². The molecular weight excluding hydrogens is 355 g/mol. The maximum atomic E-state index is 11.8. The first-order chi connectivity index (χ1) is 10.1. The van der Waals surface area contributed by atoms with E-state index in [9.17, 15) is 4.79 Å². The molecule has 2 heterocycles. The Morgan fingerprint density at radius 1 is 1.39 bits per heavy atom. The fourth-order valence-electron chi connectivity index (χ4n) is 2.52. The Morgan fingerprint density at radius 3 is 2.65 bits per heavy atom. The Balaban J connectivity index is 0.00000242. The smallest absolute Gasteiger partial charge is 0.236 e. The Bertz CT molecular complexity index is 464. The average molecular weight is 383 g/mol. The number of nitrogens with zero attached hydrogens (tertiary/aromatic N) is 2. The molecule has 0 aromatic carbocycles. The summed E-state index contributed by atoms with van der Waals surface area (Å²) >= 11 is 1.70. The predicted octanol–water partition coefficient (Wildman–Crippen LogP) is 2.62. The highest BCUT2D eigenvalue weighted by molar-refractivity contribution is 7.13. The zero-order valence-corrected chi connectivity index (χ0v) is 16.2.